The molecule has 2 aliphatic rings. The van der Waals surface area contributed by atoms with Gasteiger partial charge >= 0.3 is 11.9 Å². The molecule has 0 aromatic rings. The van der Waals surface area contributed by atoms with Gasteiger partial charge in [0.15, 0.2) is 0 Å². The molecule has 0 aromatic carbocycles. The van der Waals surface area contributed by atoms with Crippen LogP contribution in [0.3, 0.4) is 0 Å². The van der Waals surface area contributed by atoms with E-state index in [1.165, 1.54) is 0 Å². The van der Waals surface area contributed by atoms with Crippen LogP contribution >= 0.6 is 0 Å². The molecule has 2 rings (SSSR count). The van der Waals surface area contributed by atoms with Gasteiger partial charge in [-0.25, -0.2) is 0 Å². The van der Waals surface area contributed by atoms with E-state index in [1.54, 1.807) is 0 Å². The Labute approximate surface area is 139 Å². The average Bonchev–Trinajstić information content (AvgIpc) is 2.78. The molecule has 1 saturated carbocycles. The largest absolute Gasteiger partial charge is 0.463 e. The van der Waals surface area contributed by atoms with Crippen molar-refractivity contribution in [2.24, 2.45) is 21.7 Å². The molecule has 2 aliphatic carbocycles. The van der Waals surface area contributed by atoms with Gasteiger partial charge in [-0.1, -0.05) is 26.0 Å². The normalized spacial score (nSPS) is 41.7. The van der Waals surface area contributed by atoms with Crippen molar-refractivity contribution >= 4 is 11.9 Å². The summed E-state index contributed by atoms with van der Waals surface area (Å²) in [6.07, 6.45) is 4.47. The van der Waals surface area contributed by atoms with Crippen LogP contribution in [-0.4, -0.2) is 24.1 Å². The molecule has 4 unspecified atom stereocenters. The Morgan fingerprint density at radius 2 is 1.09 bits per heavy atom. The smallest absolute Gasteiger partial charge is 0.314 e. The first-order valence-electron chi connectivity index (χ1n) is 8.47. The molecule has 0 N–H and O–H groups in total. The fourth-order valence-corrected chi connectivity index (χ4v) is 4.62. The first-order chi connectivity index (χ1) is 10.3. The molecule has 23 heavy (non-hydrogen) atoms. The van der Waals surface area contributed by atoms with Gasteiger partial charge in [0.05, 0.1) is 23.0 Å². The zero-order valence-electron chi connectivity index (χ0n) is 15.6. The van der Waals surface area contributed by atoms with Crippen LogP contribution in [0.25, 0.3) is 0 Å². The fraction of sp³-hybridized carbons (Fsp3) is 0.789. The highest BCUT2D eigenvalue weighted by molar-refractivity contribution is 5.92. The fourth-order valence-electron chi connectivity index (χ4n) is 4.62. The lowest BCUT2D eigenvalue weighted by Crippen LogP contribution is -2.58. The van der Waals surface area contributed by atoms with E-state index >= 15 is 0 Å². The van der Waals surface area contributed by atoms with E-state index in [0.717, 1.165) is 6.42 Å². The van der Waals surface area contributed by atoms with E-state index < -0.39 is 21.7 Å². The molecule has 130 valence electrons. The van der Waals surface area contributed by atoms with Crippen LogP contribution in [0.15, 0.2) is 12.2 Å². The Hall–Kier alpha value is -1.32. The third kappa shape index (κ3) is 2.10. The summed E-state index contributed by atoms with van der Waals surface area (Å²) in [6, 6.07) is 0. The van der Waals surface area contributed by atoms with Gasteiger partial charge in [-0.2, -0.15) is 0 Å². The SMILES string of the molecule is CC(C)OC(=O)C1(C)C2(C)C=CC(C)(C2)C1(C)C(=O)OC(C)C. The van der Waals surface area contributed by atoms with Crippen LogP contribution in [-0.2, 0) is 19.1 Å². The molecule has 0 spiro atoms. The molecule has 0 radical (unpaired) electrons. The first-order valence-corrected chi connectivity index (χ1v) is 8.47. The number of hydrogen-bond acceptors (Lipinski definition) is 4. The van der Waals surface area contributed by atoms with Gasteiger partial charge < -0.3 is 9.47 Å². The van der Waals surface area contributed by atoms with E-state index in [1.807, 2.05) is 55.4 Å². The van der Waals surface area contributed by atoms with E-state index in [9.17, 15) is 9.59 Å². The van der Waals surface area contributed by atoms with Gasteiger partial charge in [0, 0.05) is 10.8 Å². The third-order valence-electron chi connectivity index (χ3n) is 6.34. The number of rotatable bonds is 4. The highest BCUT2D eigenvalue weighted by Crippen LogP contribution is 2.75. The predicted octanol–water partition coefficient (Wildman–Crippen LogP) is 3.89. The van der Waals surface area contributed by atoms with Crippen molar-refractivity contribution in [2.45, 2.75) is 74.0 Å². The second kappa shape index (κ2) is 5.09. The zero-order chi connectivity index (χ0) is 17.8. The number of hydrogen-bond donors (Lipinski definition) is 0. The number of fused-ring (bicyclic) bond motifs is 2. The summed E-state index contributed by atoms with van der Waals surface area (Å²) in [4.78, 5) is 26.1. The van der Waals surface area contributed by atoms with Gasteiger partial charge in [-0.05, 0) is 48.0 Å². The van der Waals surface area contributed by atoms with Crippen molar-refractivity contribution in [1.29, 1.82) is 0 Å². The van der Waals surface area contributed by atoms with E-state index in [4.69, 9.17) is 9.47 Å². The molecule has 4 heteroatoms. The molecule has 4 nitrogen and oxygen atoms in total. The summed E-state index contributed by atoms with van der Waals surface area (Å²) in [7, 11) is 0. The zero-order valence-corrected chi connectivity index (χ0v) is 15.6. The van der Waals surface area contributed by atoms with Gasteiger partial charge in [0.2, 0.25) is 0 Å². The Morgan fingerprint density at radius 1 is 0.783 bits per heavy atom. The van der Waals surface area contributed by atoms with Crippen molar-refractivity contribution < 1.29 is 19.1 Å². The molecule has 0 heterocycles. The van der Waals surface area contributed by atoms with Crippen LogP contribution in [0.1, 0.15) is 61.8 Å². The van der Waals surface area contributed by atoms with E-state index in [-0.39, 0.29) is 24.1 Å². The third-order valence-corrected chi connectivity index (χ3v) is 6.34. The minimum absolute atomic E-state index is 0.218. The maximum Gasteiger partial charge on any atom is 0.314 e. The Kier molecular flexibility index (Phi) is 3.99. The van der Waals surface area contributed by atoms with Crippen molar-refractivity contribution in [1.82, 2.24) is 0 Å². The quantitative estimate of drug-likeness (QED) is 0.582. The summed E-state index contributed by atoms with van der Waals surface area (Å²) in [5, 5.41) is 0. The molecular weight excluding hydrogens is 292 g/mol. The van der Waals surface area contributed by atoms with Crippen LogP contribution < -0.4 is 0 Å². The number of esters is 2. The van der Waals surface area contributed by atoms with Gasteiger partial charge in [-0.15, -0.1) is 0 Å². The molecule has 0 aliphatic heterocycles. The van der Waals surface area contributed by atoms with Crippen LogP contribution in [0.4, 0.5) is 0 Å². The van der Waals surface area contributed by atoms with Crippen LogP contribution in [0.5, 0.6) is 0 Å². The molecule has 4 atom stereocenters. The maximum absolute atomic E-state index is 13.1. The van der Waals surface area contributed by atoms with Crippen molar-refractivity contribution in [3.8, 4) is 0 Å². The Morgan fingerprint density at radius 3 is 1.35 bits per heavy atom. The monoisotopic (exact) mass is 322 g/mol. The van der Waals surface area contributed by atoms with Gasteiger partial charge in [0.1, 0.15) is 0 Å². The molecule has 0 saturated heterocycles. The number of carbonyl (C=O) groups is 2. The van der Waals surface area contributed by atoms with Gasteiger partial charge in [-0.3, -0.25) is 9.59 Å². The minimum atomic E-state index is -0.959. The summed E-state index contributed by atoms with van der Waals surface area (Å²) in [5.41, 5.74) is -2.75. The molecule has 0 amide bonds. The molecule has 0 aromatic heterocycles. The second-order valence-corrected chi connectivity index (χ2v) is 8.50. The first kappa shape index (κ1) is 18.0. The Balaban J connectivity index is 2.59. The number of carbonyl (C=O) groups excluding carboxylic acids is 2. The van der Waals surface area contributed by atoms with Crippen molar-refractivity contribution in [3.63, 3.8) is 0 Å². The topological polar surface area (TPSA) is 52.6 Å². The number of ether oxygens (including phenoxy) is 2. The van der Waals surface area contributed by atoms with E-state index in [0.29, 0.717) is 0 Å². The highest BCUT2D eigenvalue weighted by Gasteiger charge is 2.78. The second-order valence-electron chi connectivity index (χ2n) is 8.50. The lowest BCUT2D eigenvalue weighted by Gasteiger charge is -2.50. The summed E-state index contributed by atoms with van der Waals surface area (Å²) in [6.45, 7) is 15.2. The predicted molar refractivity (Wildman–Crippen MR) is 88.6 cm³/mol. The van der Waals surface area contributed by atoms with Crippen LogP contribution in [0, 0.1) is 21.7 Å². The standard InChI is InChI=1S/C19H30O4/c1-12(2)22-14(20)18(7)16(5)9-10-17(6,11-16)19(18,8)15(21)23-13(3)4/h9-10,12-13H,11H2,1-8H3. The van der Waals surface area contributed by atoms with Crippen LogP contribution in [0.2, 0.25) is 0 Å². The summed E-state index contributed by atoms with van der Waals surface area (Å²) in [5.74, 6) is -0.627. The minimum Gasteiger partial charge on any atom is -0.463 e. The summed E-state index contributed by atoms with van der Waals surface area (Å²) < 4.78 is 11.1. The molecule has 1 fully saturated rings. The lowest BCUT2D eigenvalue weighted by molar-refractivity contribution is -0.191. The lowest BCUT2D eigenvalue weighted by atomic mass is 9.52. The molecular formula is C19H30O4. The Bertz CT molecular complexity index is 516. The highest BCUT2D eigenvalue weighted by atomic mass is 16.6. The summed E-state index contributed by atoms with van der Waals surface area (Å²) >= 11 is 0. The van der Waals surface area contributed by atoms with Crippen molar-refractivity contribution in [2.75, 3.05) is 0 Å². The average molecular weight is 322 g/mol. The van der Waals surface area contributed by atoms with Crippen molar-refractivity contribution in [3.05, 3.63) is 12.2 Å². The maximum atomic E-state index is 13.1. The number of allylic oxidation sites excluding steroid dienone is 2. The van der Waals surface area contributed by atoms with E-state index in [2.05, 4.69) is 12.2 Å². The van der Waals surface area contributed by atoms with Gasteiger partial charge in [0.25, 0.3) is 0 Å². The molecule has 2 bridgehead atoms.